The lowest BCUT2D eigenvalue weighted by Crippen LogP contribution is -1.90. The Morgan fingerprint density at radius 1 is 1.19 bits per heavy atom. The Morgan fingerprint density at radius 2 is 2.00 bits per heavy atom. The van der Waals surface area contributed by atoms with E-state index < -0.39 is 0 Å². The summed E-state index contributed by atoms with van der Waals surface area (Å²) in [6, 6.07) is 12.2. The molecule has 0 aliphatic heterocycles. The Balaban J connectivity index is 1.77. The van der Waals surface area contributed by atoms with Gasteiger partial charge in [-0.15, -0.1) is 11.3 Å². The number of hydrogen-bond donors (Lipinski definition) is 1. The maximum atomic E-state index is 5.23. The molecule has 0 saturated heterocycles. The van der Waals surface area contributed by atoms with Gasteiger partial charge in [0, 0.05) is 5.38 Å². The molecule has 0 aliphatic carbocycles. The summed E-state index contributed by atoms with van der Waals surface area (Å²) in [6.07, 6.45) is 1.79. The van der Waals surface area contributed by atoms with Crippen LogP contribution in [0, 0.1) is 6.92 Å². The summed E-state index contributed by atoms with van der Waals surface area (Å²) in [5.41, 5.74) is 4.97. The average molecular weight is 297 g/mol. The van der Waals surface area contributed by atoms with E-state index in [1.807, 2.05) is 36.6 Å². The minimum atomic E-state index is 0.800. The second-order valence-corrected chi connectivity index (χ2v) is 5.49. The van der Waals surface area contributed by atoms with E-state index in [0.29, 0.717) is 0 Å². The molecule has 1 heterocycles. The molecule has 0 amide bonds. The first-order valence-electron chi connectivity index (χ1n) is 6.53. The number of aryl methyl sites for hydroxylation is 1. The van der Waals surface area contributed by atoms with E-state index in [1.54, 1.807) is 24.7 Å². The van der Waals surface area contributed by atoms with Crippen LogP contribution in [0.5, 0.6) is 5.75 Å². The highest BCUT2D eigenvalue weighted by molar-refractivity contribution is 7.13. The van der Waals surface area contributed by atoms with Crippen LogP contribution in [0.2, 0.25) is 0 Å². The van der Waals surface area contributed by atoms with Gasteiger partial charge in [-0.25, -0.2) is 4.98 Å². The Morgan fingerprint density at radius 3 is 2.76 bits per heavy atom. The summed E-state index contributed by atoms with van der Waals surface area (Å²) in [5, 5.41) is 9.31. The van der Waals surface area contributed by atoms with Gasteiger partial charge in [-0.1, -0.05) is 18.2 Å². The third-order valence-electron chi connectivity index (χ3n) is 3.06. The molecule has 0 spiro atoms. The van der Waals surface area contributed by atoms with Crippen LogP contribution in [0.4, 0.5) is 5.13 Å². The van der Waals surface area contributed by atoms with E-state index in [4.69, 9.17) is 4.74 Å². The molecule has 0 unspecified atom stereocenters. The van der Waals surface area contributed by atoms with Gasteiger partial charge < -0.3 is 4.74 Å². The van der Waals surface area contributed by atoms with Crippen LogP contribution >= 0.6 is 11.3 Å². The van der Waals surface area contributed by atoms with Crippen LogP contribution in [0.25, 0.3) is 10.8 Å². The highest BCUT2D eigenvalue weighted by Gasteiger charge is 1.98. The molecule has 2 aromatic carbocycles. The van der Waals surface area contributed by atoms with Gasteiger partial charge in [0.05, 0.1) is 19.0 Å². The van der Waals surface area contributed by atoms with E-state index in [-0.39, 0.29) is 0 Å². The third kappa shape index (κ3) is 3.20. The molecule has 1 aromatic heterocycles. The van der Waals surface area contributed by atoms with Gasteiger partial charge in [0.1, 0.15) is 5.75 Å². The molecule has 3 rings (SSSR count). The van der Waals surface area contributed by atoms with Gasteiger partial charge in [0.15, 0.2) is 0 Å². The number of rotatable bonds is 4. The standard InChI is InChI=1S/C16H15N3OS/c1-11-10-21-16(18-11)19-17-9-12-3-4-14-8-15(20-2)6-5-13(14)7-12/h3-10H,1-2H3,(H,18,19). The Kier molecular flexibility index (Phi) is 3.83. The number of hydrogen-bond acceptors (Lipinski definition) is 5. The highest BCUT2D eigenvalue weighted by atomic mass is 32.1. The Labute approximate surface area is 127 Å². The smallest absolute Gasteiger partial charge is 0.203 e. The van der Waals surface area contributed by atoms with Crippen molar-refractivity contribution in [1.82, 2.24) is 4.98 Å². The minimum absolute atomic E-state index is 0.800. The normalized spacial score (nSPS) is 11.1. The molecule has 0 saturated carbocycles. The van der Waals surface area contributed by atoms with Crippen molar-refractivity contribution in [2.75, 3.05) is 12.5 Å². The van der Waals surface area contributed by atoms with Crippen molar-refractivity contribution in [3.63, 3.8) is 0 Å². The van der Waals surface area contributed by atoms with Gasteiger partial charge >= 0.3 is 0 Å². The molecule has 1 N–H and O–H groups in total. The van der Waals surface area contributed by atoms with Crippen LogP contribution in [-0.4, -0.2) is 18.3 Å². The van der Waals surface area contributed by atoms with Crippen molar-refractivity contribution in [2.24, 2.45) is 5.10 Å². The SMILES string of the molecule is COc1ccc2cc(C=NNc3nc(C)cs3)ccc2c1. The molecule has 0 radical (unpaired) electrons. The number of nitrogens with one attached hydrogen (secondary N) is 1. The maximum Gasteiger partial charge on any atom is 0.203 e. The molecule has 5 heteroatoms. The van der Waals surface area contributed by atoms with Gasteiger partial charge in [0.2, 0.25) is 5.13 Å². The zero-order valence-electron chi connectivity index (χ0n) is 11.8. The second kappa shape index (κ2) is 5.93. The summed E-state index contributed by atoms with van der Waals surface area (Å²) in [5.74, 6) is 0.865. The molecular formula is C16H15N3OS. The average Bonchev–Trinajstić information content (AvgIpc) is 2.92. The fourth-order valence-corrected chi connectivity index (χ4v) is 2.65. The number of anilines is 1. The lowest BCUT2D eigenvalue weighted by atomic mass is 10.1. The molecule has 21 heavy (non-hydrogen) atoms. The van der Waals surface area contributed by atoms with Gasteiger partial charge in [-0.2, -0.15) is 5.10 Å². The monoisotopic (exact) mass is 297 g/mol. The molecule has 0 aliphatic rings. The van der Waals surface area contributed by atoms with Gasteiger partial charge in [-0.05, 0) is 41.5 Å². The lowest BCUT2D eigenvalue weighted by molar-refractivity contribution is 0.415. The van der Waals surface area contributed by atoms with Crippen molar-refractivity contribution >= 4 is 33.5 Å². The molecule has 106 valence electrons. The quantitative estimate of drug-likeness (QED) is 0.583. The largest absolute Gasteiger partial charge is 0.497 e. The van der Waals surface area contributed by atoms with Crippen LogP contribution in [0.3, 0.4) is 0 Å². The first-order chi connectivity index (χ1) is 10.2. The lowest BCUT2D eigenvalue weighted by Gasteiger charge is -2.03. The number of fused-ring (bicyclic) bond motifs is 1. The number of methoxy groups -OCH3 is 1. The fraction of sp³-hybridized carbons (Fsp3) is 0.125. The Hall–Kier alpha value is -2.40. The summed E-state index contributed by atoms with van der Waals surface area (Å²) in [4.78, 5) is 4.29. The summed E-state index contributed by atoms with van der Waals surface area (Å²) < 4.78 is 5.23. The molecule has 0 bridgehead atoms. The number of ether oxygens (including phenoxy) is 1. The number of nitrogens with zero attached hydrogens (tertiary/aromatic N) is 2. The topological polar surface area (TPSA) is 46.5 Å². The maximum absolute atomic E-state index is 5.23. The molecule has 0 atom stereocenters. The molecule has 3 aromatic rings. The minimum Gasteiger partial charge on any atom is -0.497 e. The number of hydrazone groups is 1. The summed E-state index contributed by atoms with van der Waals surface area (Å²) in [6.45, 7) is 1.96. The van der Waals surface area contributed by atoms with Crippen molar-refractivity contribution in [1.29, 1.82) is 0 Å². The van der Waals surface area contributed by atoms with Gasteiger partial charge in [-0.3, -0.25) is 5.43 Å². The van der Waals surface area contributed by atoms with Crippen molar-refractivity contribution in [2.45, 2.75) is 6.92 Å². The van der Waals surface area contributed by atoms with E-state index >= 15 is 0 Å². The van der Waals surface area contributed by atoms with Crippen molar-refractivity contribution in [3.05, 3.63) is 53.0 Å². The van der Waals surface area contributed by atoms with Crippen molar-refractivity contribution < 1.29 is 4.74 Å². The second-order valence-electron chi connectivity index (χ2n) is 4.64. The first-order valence-corrected chi connectivity index (χ1v) is 7.41. The van der Waals surface area contributed by atoms with E-state index in [1.165, 1.54) is 0 Å². The van der Waals surface area contributed by atoms with Crippen LogP contribution in [0.1, 0.15) is 11.3 Å². The zero-order chi connectivity index (χ0) is 14.7. The first kappa shape index (κ1) is 13.6. The summed E-state index contributed by atoms with van der Waals surface area (Å²) in [7, 11) is 1.67. The summed E-state index contributed by atoms with van der Waals surface area (Å²) >= 11 is 1.54. The van der Waals surface area contributed by atoms with Crippen molar-refractivity contribution in [3.8, 4) is 5.75 Å². The third-order valence-corrected chi connectivity index (χ3v) is 3.93. The molecule has 4 nitrogen and oxygen atoms in total. The predicted molar refractivity (Wildman–Crippen MR) is 88.6 cm³/mol. The van der Waals surface area contributed by atoms with E-state index in [2.05, 4.69) is 27.6 Å². The van der Waals surface area contributed by atoms with E-state index in [0.717, 1.165) is 32.9 Å². The molecular weight excluding hydrogens is 282 g/mol. The van der Waals surface area contributed by atoms with Crippen LogP contribution in [-0.2, 0) is 0 Å². The molecule has 0 fully saturated rings. The predicted octanol–water partition coefficient (Wildman–Crippen LogP) is 4.06. The van der Waals surface area contributed by atoms with Crippen LogP contribution < -0.4 is 10.2 Å². The highest BCUT2D eigenvalue weighted by Crippen LogP contribution is 2.21. The Bertz CT molecular complexity index is 795. The van der Waals surface area contributed by atoms with E-state index in [9.17, 15) is 0 Å². The number of aromatic nitrogens is 1. The van der Waals surface area contributed by atoms with Gasteiger partial charge in [0.25, 0.3) is 0 Å². The number of thiazole rings is 1. The fourth-order valence-electron chi connectivity index (χ4n) is 2.02. The number of benzene rings is 2. The van der Waals surface area contributed by atoms with Crippen LogP contribution in [0.15, 0.2) is 46.9 Å². The zero-order valence-corrected chi connectivity index (χ0v) is 12.6.